The highest BCUT2D eigenvalue weighted by atomic mass is 35.5. The zero-order chi connectivity index (χ0) is 14.0. The summed E-state index contributed by atoms with van der Waals surface area (Å²) in [6.45, 7) is 4.70. The normalized spacial score (nSPS) is 23.5. The van der Waals surface area contributed by atoms with Crippen molar-refractivity contribution in [2.75, 3.05) is 7.05 Å². The SMILES string of the molecule is CNC(Cc1ccc(F)cc1Cl)C1CCCC1(C)C. The maximum absolute atomic E-state index is 13.1. The van der Waals surface area contributed by atoms with E-state index in [0.717, 1.165) is 12.0 Å². The lowest BCUT2D eigenvalue weighted by molar-refractivity contribution is 0.201. The third-order valence-corrected chi connectivity index (χ3v) is 5.00. The van der Waals surface area contributed by atoms with Crippen molar-refractivity contribution in [1.29, 1.82) is 0 Å². The predicted molar refractivity (Wildman–Crippen MR) is 79.1 cm³/mol. The van der Waals surface area contributed by atoms with E-state index in [1.165, 1.54) is 31.4 Å². The van der Waals surface area contributed by atoms with Crippen LogP contribution >= 0.6 is 11.6 Å². The lowest BCUT2D eigenvalue weighted by Crippen LogP contribution is -2.40. The first-order chi connectivity index (χ1) is 8.94. The number of benzene rings is 1. The van der Waals surface area contributed by atoms with E-state index in [0.29, 0.717) is 22.4 Å². The van der Waals surface area contributed by atoms with Crippen molar-refractivity contribution in [2.45, 2.75) is 45.6 Å². The summed E-state index contributed by atoms with van der Waals surface area (Å²) >= 11 is 6.14. The van der Waals surface area contributed by atoms with Crippen LogP contribution in [0.2, 0.25) is 5.02 Å². The van der Waals surface area contributed by atoms with E-state index < -0.39 is 0 Å². The Balaban J connectivity index is 2.15. The van der Waals surface area contributed by atoms with E-state index in [-0.39, 0.29) is 5.82 Å². The molecule has 0 aromatic heterocycles. The Morgan fingerprint density at radius 2 is 2.21 bits per heavy atom. The largest absolute Gasteiger partial charge is 0.316 e. The van der Waals surface area contributed by atoms with Gasteiger partial charge in [-0.1, -0.05) is 37.9 Å². The Morgan fingerprint density at radius 3 is 2.74 bits per heavy atom. The highest BCUT2D eigenvalue weighted by molar-refractivity contribution is 6.31. The molecule has 0 aliphatic heterocycles. The third-order valence-electron chi connectivity index (χ3n) is 4.65. The molecule has 0 amide bonds. The lowest BCUT2D eigenvalue weighted by atomic mass is 9.76. The Morgan fingerprint density at radius 1 is 1.47 bits per heavy atom. The second-order valence-electron chi connectivity index (χ2n) is 6.32. The van der Waals surface area contributed by atoms with E-state index in [2.05, 4.69) is 19.2 Å². The number of halogens is 2. The summed E-state index contributed by atoms with van der Waals surface area (Å²) in [5.74, 6) is 0.384. The third kappa shape index (κ3) is 3.29. The van der Waals surface area contributed by atoms with Crippen LogP contribution in [-0.4, -0.2) is 13.1 Å². The average Bonchev–Trinajstić information content (AvgIpc) is 2.68. The van der Waals surface area contributed by atoms with Crippen LogP contribution in [-0.2, 0) is 6.42 Å². The lowest BCUT2D eigenvalue weighted by Gasteiger charge is -2.34. The molecule has 1 fully saturated rings. The van der Waals surface area contributed by atoms with E-state index >= 15 is 0 Å². The molecule has 3 heteroatoms. The molecule has 0 saturated heterocycles. The fourth-order valence-electron chi connectivity index (χ4n) is 3.47. The van der Waals surface area contributed by atoms with Gasteiger partial charge in [-0.2, -0.15) is 0 Å². The van der Waals surface area contributed by atoms with E-state index in [4.69, 9.17) is 11.6 Å². The van der Waals surface area contributed by atoms with Crippen LogP contribution in [0.4, 0.5) is 4.39 Å². The molecule has 106 valence electrons. The number of nitrogens with one attached hydrogen (secondary N) is 1. The highest BCUT2D eigenvalue weighted by Crippen LogP contribution is 2.45. The van der Waals surface area contributed by atoms with Crippen LogP contribution in [0.5, 0.6) is 0 Å². The Hall–Kier alpha value is -0.600. The van der Waals surface area contributed by atoms with Crippen LogP contribution in [0.1, 0.15) is 38.7 Å². The number of likely N-dealkylation sites (N-methyl/N-ethyl adjacent to an activating group) is 1. The zero-order valence-electron chi connectivity index (χ0n) is 12.0. The van der Waals surface area contributed by atoms with Gasteiger partial charge in [-0.05, 0) is 55.3 Å². The van der Waals surface area contributed by atoms with Gasteiger partial charge >= 0.3 is 0 Å². The zero-order valence-corrected chi connectivity index (χ0v) is 12.7. The minimum Gasteiger partial charge on any atom is -0.316 e. The first kappa shape index (κ1) is 14.8. The van der Waals surface area contributed by atoms with Crippen molar-refractivity contribution >= 4 is 11.6 Å². The molecule has 2 rings (SSSR count). The van der Waals surface area contributed by atoms with Crippen LogP contribution in [0.25, 0.3) is 0 Å². The summed E-state index contributed by atoms with van der Waals surface area (Å²) in [5, 5.41) is 3.98. The maximum atomic E-state index is 13.1. The monoisotopic (exact) mass is 283 g/mol. The van der Waals surface area contributed by atoms with Gasteiger partial charge in [-0.25, -0.2) is 4.39 Å². The summed E-state index contributed by atoms with van der Waals surface area (Å²) in [6, 6.07) is 5.11. The van der Waals surface area contributed by atoms with Crippen molar-refractivity contribution in [1.82, 2.24) is 5.32 Å². The van der Waals surface area contributed by atoms with E-state index in [1.807, 2.05) is 13.1 Å². The number of hydrogen-bond acceptors (Lipinski definition) is 1. The molecule has 2 unspecified atom stereocenters. The molecule has 0 spiro atoms. The second-order valence-corrected chi connectivity index (χ2v) is 6.73. The second kappa shape index (κ2) is 5.80. The van der Waals surface area contributed by atoms with Gasteiger partial charge in [0.15, 0.2) is 0 Å². The summed E-state index contributed by atoms with van der Waals surface area (Å²) in [6.07, 6.45) is 4.71. The Labute approximate surface area is 120 Å². The first-order valence-electron chi connectivity index (χ1n) is 7.05. The van der Waals surface area contributed by atoms with Crippen molar-refractivity contribution in [3.05, 3.63) is 34.6 Å². The molecule has 1 aromatic carbocycles. The van der Waals surface area contributed by atoms with Gasteiger partial charge in [0.2, 0.25) is 0 Å². The molecule has 1 aromatic rings. The first-order valence-corrected chi connectivity index (χ1v) is 7.43. The molecule has 1 nitrogen and oxygen atoms in total. The van der Waals surface area contributed by atoms with Crippen LogP contribution in [0.15, 0.2) is 18.2 Å². The summed E-state index contributed by atoms with van der Waals surface area (Å²) in [4.78, 5) is 0. The van der Waals surface area contributed by atoms with E-state index in [9.17, 15) is 4.39 Å². The minimum absolute atomic E-state index is 0.268. The molecular formula is C16H23ClFN. The van der Waals surface area contributed by atoms with Gasteiger partial charge in [0.1, 0.15) is 5.82 Å². The van der Waals surface area contributed by atoms with Gasteiger partial charge in [-0.3, -0.25) is 0 Å². The molecule has 19 heavy (non-hydrogen) atoms. The Bertz CT molecular complexity index is 444. The molecule has 1 aliphatic rings. The summed E-state index contributed by atoms with van der Waals surface area (Å²) < 4.78 is 13.1. The van der Waals surface area contributed by atoms with Crippen molar-refractivity contribution < 1.29 is 4.39 Å². The molecular weight excluding hydrogens is 261 g/mol. The standard InChI is InChI=1S/C16H23ClFN/c1-16(2)8-4-5-13(16)15(19-3)9-11-6-7-12(18)10-14(11)17/h6-7,10,13,15,19H,4-5,8-9H2,1-3H3. The quantitative estimate of drug-likeness (QED) is 0.862. The van der Waals surface area contributed by atoms with Gasteiger partial charge in [0.25, 0.3) is 0 Å². The summed E-state index contributed by atoms with van der Waals surface area (Å²) in [5.41, 5.74) is 1.41. The molecule has 2 atom stereocenters. The van der Waals surface area contributed by atoms with Gasteiger partial charge in [0, 0.05) is 11.1 Å². The maximum Gasteiger partial charge on any atom is 0.124 e. The van der Waals surface area contributed by atoms with Gasteiger partial charge < -0.3 is 5.32 Å². The average molecular weight is 284 g/mol. The molecule has 1 N–H and O–H groups in total. The van der Waals surface area contributed by atoms with Crippen LogP contribution in [0, 0.1) is 17.2 Å². The predicted octanol–water partition coefficient (Wildman–Crippen LogP) is 4.44. The van der Waals surface area contributed by atoms with Crippen molar-refractivity contribution in [2.24, 2.45) is 11.3 Å². The number of rotatable bonds is 4. The molecule has 0 heterocycles. The Kier molecular flexibility index (Phi) is 4.52. The van der Waals surface area contributed by atoms with Crippen LogP contribution in [0.3, 0.4) is 0 Å². The molecule has 0 radical (unpaired) electrons. The van der Waals surface area contributed by atoms with Crippen molar-refractivity contribution in [3.63, 3.8) is 0 Å². The van der Waals surface area contributed by atoms with Gasteiger partial charge in [0.05, 0.1) is 0 Å². The van der Waals surface area contributed by atoms with Gasteiger partial charge in [-0.15, -0.1) is 0 Å². The van der Waals surface area contributed by atoms with E-state index in [1.54, 1.807) is 0 Å². The molecule has 1 saturated carbocycles. The molecule has 1 aliphatic carbocycles. The van der Waals surface area contributed by atoms with Crippen LogP contribution < -0.4 is 5.32 Å². The smallest absolute Gasteiger partial charge is 0.124 e. The summed E-state index contributed by atoms with van der Waals surface area (Å²) in [7, 11) is 2.01. The fraction of sp³-hybridized carbons (Fsp3) is 0.625. The fourth-order valence-corrected chi connectivity index (χ4v) is 3.71. The topological polar surface area (TPSA) is 12.0 Å². The molecule has 0 bridgehead atoms. The highest BCUT2D eigenvalue weighted by Gasteiger charge is 2.38. The number of hydrogen-bond donors (Lipinski definition) is 1. The van der Waals surface area contributed by atoms with Crippen molar-refractivity contribution in [3.8, 4) is 0 Å². The minimum atomic E-state index is -0.268.